The second kappa shape index (κ2) is 8.08. The molecule has 0 aromatic heterocycles. The van der Waals surface area contributed by atoms with Crippen LogP contribution in [0.4, 0.5) is 4.79 Å². The topological polar surface area (TPSA) is 61.4 Å². The van der Waals surface area contributed by atoms with Crippen molar-refractivity contribution in [3.63, 3.8) is 0 Å². The van der Waals surface area contributed by atoms with E-state index >= 15 is 0 Å². The molecule has 1 aromatic rings. The van der Waals surface area contributed by atoms with Crippen LogP contribution in [0.3, 0.4) is 0 Å². The lowest BCUT2D eigenvalue weighted by molar-refractivity contribution is 0.238. The highest BCUT2D eigenvalue weighted by molar-refractivity contribution is 9.10. The van der Waals surface area contributed by atoms with Crippen LogP contribution >= 0.6 is 15.9 Å². The highest BCUT2D eigenvalue weighted by Crippen LogP contribution is 2.15. The minimum absolute atomic E-state index is 0.0945. The maximum atomic E-state index is 11.3. The summed E-state index contributed by atoms with van der Waals surface area (Å²) in [5.41, 5.74) is 1.17. The fourth-order valence-electron chi connectivity index (χ4n) is 1.36. The van der Waals surface area contributed by atoms with Gasteiger partial charge in [-0.1, -0.05) is 34.1 Å². The molecule has 3 N–H and O–H groups in total. The van der Waals surface area contributed by atoms with Crippen molar-refractivity contribution >= 4 is 22.0 Å². The molecular formula is C12H17BrN2O2. The van der Waals surface area contributed by atoms with Gasteiger partial charge < -0.3 is 15.7 Å². The third kappa shape index (κ3) is 5.70. The Labute approximate surface area is 110 Å². The van der Waals surface area contributed by atoms with E-state index in [0.29, 0.717) is 19.5 Å². The summed E-state index contributed by atoms with van der Waals surface area (Å²) in [5, 5.41) is 14.0. The minimum atomic E-state index is -0.189. The number of carbonyl (C=O) groups excluding carboxylic acids is 1. The van der Waals surface area contributed by atoms with Gasteiger partial charge in [0.2, 0.25) is 0 Å². The Bertz CT molecular complexity index is 358. The first kappa shape index (κ1) is 14.0. The van der Waals surface area contributed by atoms with Gasteiger partial charge in [-0.05, 0) is 24.5 Å². The van der Waals surface area contributed by atoms with Crippen LogP contribution in [0.1, 0.15) is 12.0 Å². The standard InChI is InChI=1S/C12H17BrN2O2/c13-11-5-2-1-4-10(11)6-8-15-12(17)14-7-3-9-16/h1-2,4-5,16H,3,6-9H2,(H2,14,15,17). The molecule has 0 aliphatic rings. The van der Waals surface area contributed by atoms with E-state index in [1.54, 1.807) is 0 Å². The zero-order valence-corrected chi connectivity index (χ0v) is 11.2. The zero-order valence-electron chi connectivity index (χ0n) is 9.58. The van der Waals surface area contributed by atoms with Gasteiger partial charge >= 0.3 is 6.03 Å². The molecule has 0 spiro atoms. The highest BCUT2D eigenvalue weighted by Gasteiger charge is 2.01. The average Bonchev–Trinajstić information content (AvgIpc) is 2.32. The van der Waals surface area contributed by atoms with Crippen molar-refractivity contribution in [2.75, 3.05) is 19.7 Å². The number of halogens is 1. The van der Waals surface area contributed by atoms with Crippen molar-refractivity contribution in [3.8, 4) is 0 Å². The van der Waals surface area contributed by atoms with E-state index in [2.05, 4.69) is 26.6 Å². The highest BCUT2D eigenvalue weighted by atomic mass is 79.9. The van der Waals surface area contributed by atoms with Crippen LogP contribution in [0, 0.1) is 0 Å². The number of hydrogen-bond donors (Lipinski definition) is 3. The summed E-state index contributed by atoms with van der Waals surface area (Å²) >= 11 is 3.46. The predicted octanol–water partition coefficient (Wildman–Crippen LogP) is 1.67. The smallest absolute Gasteiger partial charge is 0.314 e. The van der Waals surface area contributed by atoms with Gasteiger partial charge in [-0.2, -0.15) is 0 Å². The first-order valence-corrected chi connectivity index (χ1v) is 6.39. The van der Waals surface area contributed by atoms with Gasteiger partial charge in [0.05, 0.1) is 0 Å². The molecular weight excluding hydrogens is 284 g/mol. The molecule has 0 bridgehead atoms. The van der Waals surface area contributed by atoms with Gasteiger partial charge in [-0.15, -0.1) is 0 Å². The Kier molecular flexibility index (Phi) is 6.65. The normalized spacial score (nSPS) is 10.0. The van der Waals surface area contributed by atoms with Crippen LogP contribution < -0.4 is 10.6 Å². The van der Waals surface area contributed by atoms with Gasteiger partial charge in [0.25, 0.3) is 0 Å². The Morgan fingerprint density at radius 2 is 1.94 bits per heavy atom. The first-order valence-electron chi connectivity index (χ1n) is 5.60. The average molecular weight is 301 g/mol. The van der Waals surface area contributed by atoms with Crippen molar-refractivity contribution < 1.29 is 9.90 Å². The zero-order chi connectivity index (χ0) is 12.5. The molecule has 0 atom stereocenters. The molecule has 4 nitrogen and oxygen atoms in total. The minimum Gasteiger partial charge on any atom is -0.396 e. The molecule has 0 heterocycles. The number of hydrogen-bond acceptors (Lipinski definition) is 2. The lowest BCUT2D eigenvalue weighted by atomic mass is 10.1. The fourth-order valence-corrected chi connectivity index (χ4v) is 1.84. The Morgan fingerprint density at radius 1 is 1.24 bits per heavy atom. The number of rotatable bonds is 6. The summed E-state index contributed by atoms with van der Waals surface area (Å²) < 4.78 is 1.06. The van der Waals surface area contributed by atoms with E-state index in [1.165, 1.54) is 5.56 Å². The molecule has 0 aliphatic carbocycles. The molecule has 1 aromatic carbocycles. The molecule has 17 heavy (non-hydrogen) atoms. The second-order valence-electron chi connectivity index (χ2n) is 3.60. The molecule has 94 valence electrons. The molecule has 0 radical (unpaired) electrons. The van der Waals surface area contributed by atoms with Gasteiger partial charge in [-0.3, -0.25) is 0 Å². The van der Waals surface area contributed by atoms with Crippen LogP contribution in [0.5, 0.6) is 0 Å². The molecule has 0 fully saturated rings. The van der Waals surface area contributed by atoms with Crippen LogP contribution in [0.25, 0.3) is 0 Å². The van der Waals surface area contributed by atoms with Crippen molar-refractivity contribution in [1.82, 2.24) is 10.6 Å². The van der Waals surface area contributed by atoms with Gasteiger partial charge in [0, 0.05) is 24.2 Å². The van der Waals surface area contributed by atoms with Gasteiger partial charge in [0.1, 0.15) is 0 Å². The third-order valence-corrected chi connectivity index (χ3v) is 3.03. The Balaban J connectivity index is 2.19. The van der Waals surface area contributed by atoms with Crippen LogP contribution in [0.2, 0.25) is 0 Å². The number of benzene rings is 1. The monoisotopic (exact) mass is 300 g/mol. The largest absolute Gasteiger partial charge is 0.396 e. The number of aliphatic hydroxyl groups is 1. The lowest BCUT2D eigenvalue weighted by Crippen LogP contribution is -2.37. The van der Waals surface area contributed by atoms with E-state index in [1.807, 2.05) is 24.3 Å². The Hall–Kier alpha value is -1.07. The molecule has 2 amide bonds. The number of amides is 2. The summed E-state index contributed by atoms with van der Waals surface area (Å²) in [6.45, 7) is 1.18. The first-order chi connectivity index (χ1) is 8.24. The molecule has 0 saturated heterocycles. The molecule has 0 aliphatic heterocycles. The van der Waals surface area contributed by atoms with Gasteiger partial charge in [-0.25, -0.2) is 4.79 Å². The fraction of sp³-hybridized carbons (Fsp3) is 0.417. The maximum Gasteiger partial charge on any atom is 0.314 e. The Morgan fingerprint density at radius 3 is 2.65 bits per heavy atom. The number of nitrogens with one attached hydrogen (secondary N) is 2. The van der Waals surface area contributed by atoms with Gasteiger partial charge in [0.15, 0.2) is 0 Å². The summed E-state index contributed by atoms with van der Waals surface area (Å²) in [4.78, 5) is 11.3. The van der Waals surface area contributed by atoms with E-state index < -0.39 is 0 Å². The van der Waals surface area contributed by atoms with Crippen molar-refractivity contribution in [3.05, 3.63) is 34.3 Å². The molecule has 0 unspecified atom stereocenters. The molecule has 5 heteroatoms. The van der Waals surface area contributed by atoms with E-state index in [4.69, 9.17) is 5.11 Å². The summed E-state index contributed by atoms with van der Waals surface area (Å²) in [6.07, 6.45) is 1.37. The summed E-state index contributed by atoms with van der Waals surface area (Å²) in [7, 11) is 0. The SMILES string of the molecule is O=C(NCCCO)NCCc1ccccc1Br. The third-order valence-electron chi connectivity index (χ3n) is 2.26. The van der Waals surface area contributed by atoms with Crippen LogP contribution in [-0.2, 0) is 6.42 Å². The summed E-state index contributed by atoms with van der Waals surface area (Å²) in [5.74, 6) is 0. The molecule has 0 saturated carbocycles. The van der Waals surface area contributed by atoms with E-state index in [0.717, 1.165) is 10.9 Å². The summed E-state index contributed by atoms with van der Waals surface area (Å²) in [6, 6.07) is 7.75. The van der Waals surface area contributed by atoms with Crippen LogP contribution in [-0.4, -0.2) is 30.8 Å². The van der Waals surface area contributed by atoms with Crippen LogP contribution in [0.15, 0.2) is 28.7 Å². The second-order valence-corrected chi connectivity index (χ2v) is 4.46. The van der Waals surface area contributed by atoms with Crippen molar-refractivity contribution in [2.45, 2.75) is 12.8 Å². The van der Waals surface area contributed by atoms with E-state index in [-0.39, 0.29) is 12.6 Å². The number of carbonyl (C=O) groups is 1. The number of aliphatic hydroxyl groups excluding tert-OH is 1. The van der Waals surface area contributed by atoms with E-state index in [9.17, 15) is 4.79 Å². The molecule has 1 rings (SSSR count). The lowest BCUT2D eigenvalue weighted by Gasteiger charge is -2.07. The number of urea groups is 1. The van der Waals surface area contributed by atoms with Crippen molar-refractivity contribution in [1.29, 1.82) is 0 Å². The maximum absolute atomic E-state index is 11.3. The van der Waals surface area contributed by atoms with Crippen molar-refractivity contribution in [2.24, 2.45) is 0 Å². The predicted molar refractivity (Wildman–Crippen MR) is 71.0 cm³/mol. The quantitative estimate of drug-likeness (QED) is 0.700.